The molecule has 2 heterocycles. The van der Waals surface area contributed by atoms with E-state index in [0.717, 1.165) is 4.88 Å². The Morgan fingerprint density at radius 1 is 1.60 bits per heavy atom. The molecule has 0 aliphatic rings. The summed E-state index contributed by atoms with van der Waals surface area (Å²) in [6, 6.07) is 7.19. The van der Waals surface area contributed by atoms with Gasteiger partial charge in [0.15, 0.2) is 0 Å². The van der Waals surface area contributed by atoms with Crippen molar-refractivity contribution in [2.45, 2.75) is 0 Å². The van der Waals surface area contributed by atoms with Gasteiger partial charge in [0.1, 0.15) is 17.3 Å². The molecule has 2 aromatic heterocycles. The Bertz CT molecular complexity index is 578. The van der Waals surface area contributed by atoms with E-state index in [1.54, 1.807) is 7.05 Å². The Hall–Kier alpha value is -1.93. The standard InChI is InChI=1S/C10H7N3OS/c1-13-10(14)7(6-11)5-8(12-13)9-3-2-4-15-9/h2-5H,1H3. The fraction of sp³-hybridized carbons (Fsp3) is 0.100. The van der Waals surface area contributed by atoms with Crippen LogP contribution in [0.3, 0.4) is 0 Å². The summed E-state index contributed by atoms with van der Waals surface area (Å²) >= 11 is 1.52. The van der Waals surface area contributed by atoms with E-state index in [-0.39, 0.29) is 11.1 Å². The summed E-state index contributed by atoms with van der Waals surface area (Å²) in [5.74, 6) is 0. The first-order chi connectivity index (χ1) is 7.22. The Labute approximate surface area is 90.0 Å². The molecule has 4 nitrogen and oxygen atoms in total. The predicted octanol–water partition coefficient (Wildman–Crippen LogP) is 1.38. The van der Waals surface area contributed by atoms with E-state index in [4.69, 9.17) is 5.26 Å². The van der Waals surface area contributed by atoms with Gasteiger partial charge >= 0.3 is 0 Å². The van der Waals surface area contributed by atoms with Crippen molar-refractivity contribution in [1.29, 1.82) is 5.26 Å². The molecule has 0 saturated carbocycles. The van der Waals surface area contributed by atoms with E-state index in [1.165, 1.54) is 22.1 Å². The number of aromatic nitrogens is 2. The van der Waals surface area contributed by atoms with Crippen LogP contribution in [0, 0.1) is 11.3 Å². The normalized spacial score (nSPS) is 9.87. The average Bonchev–Trinajstić information content (AvgIpc) is 2.75. The van der Waals surface area contributed by atoms with Crippen LogP contribution >= 0.6 is 11.3 Å². The molecule has 74 valence electrons. The van der Waals surface area contributed by atoms with Crippen molar-refractivity contribution >= 4 is 11.3 Å². The number of hydrogen-bond acceptors (Lipinski definition) is 4. The molecule has 0 bridgehead atoms. The maximum atomic E-state index is 11.4. The molecular formula is C10H7N3OS. The second-order valence-electron chi connectivity index (χ2n) is 2.96. The Morgan fingerprint density at radius 2 is 2.40 bits per heavy atom. The predicted molar refractivity (Wildman–Crippen MR) is 57.5 cm³/mol. The largest absolute Gasteiger partial charge is 0.284 e. The van der Waals surface area contributed by atoms with E-state index in [2.05, 4.69) is 5.10 Å². The van der Waals surface area contributed by atoms with Crippen LogP contribution in [0.25, 0.3) is 10.6 Å². The molecule has 5 heteroatoms. The lowest BCUT2D eigenvalue weighted by Crippen LogP contribution is -2.22. The maximum absolute atomic E-state index is 11.4. The molecule has 0 atom stereocenters. The third-order valence-electron chi connectivity index (χ3n) is 1.96. The van der Waals surface area contributed by atoms with E-state index >= 15 is 0 Å². The SMILES string of the molecule is Cn1nc(-c2cccs2)cc(C#N)c1=O. The summed E-state index contributed by atoms with van der Waals surface area (Å²) in [5.41, 5.74) is 0.414. The number of aryl methyl sites for hydroxylation is 1. The van der Waals surface area contributed by atoms with Gasteiger partial charge in [0.25, 0.3) is 5.56 Å². The molecule has 0 aliphatic heterocycles. The van der Waals surface area contributed by atoms with Crippen LogP contribution in [0.4, 0.5) is 0 Å². The van der Waals surface area contributed by atoms with Gasteiger partial charge in [-0.3, -0.25) is 4.79 Å². The molecule has 2 aromatic rings. The van der Waals surface area contributed by atoms with Crippen LogP contribution in [-0.4, -0.2) is 9.78 Å². The highest BCUT2D eigenvalue weighted by Gasteiger charge is 2.07. The van der Waals surface area contributed by atoms with Crippen LogP contribution in [-0.2, 0) is 7.05 Å². The van der Waals surface area contributed by atoms with Gasteiger partial charge in [-0.2, -0.15) is 10.4 Å². The number of hydrogen-bond donors (Lipinski definition) is 0. The van der Waals surface area contributed by atoms with Crippen molar-refractivity contribution in [2.24, 2.45) is 7.05 Å². The lowest BCUT2D eigenvalue weighted by atomic mass is 10.2. The van der Waals surface area contributed by atoms with Crippen LogP contribution in [0.15, 0.2) is 28.4 Å². The van der Waals surface area contributed by atoms with Crippen LogP contribution in [0.5, 0.6) is 0 Å². The molecule has 0 saturated heterocycles. The number of nitriles is 1. The molecule has 0 spiro atoms. The molecule has 0 unspecified atom stereocenters. The average molecular weight is 217 g/mol. The van der Waals surface area contributed by atoms with Crippen molar-refractivity contribution in [3.8, 4) is 16.6 Å². The van der Waals surface area contributed by atoms with Gasteiger partial charge in [0, 0.05) is 7.05 Å². The second kappa shape index (κ2) is 3.67. The van der Waals surface area contributed by atoms with Crippen molar-refractivity contribution in [2.75, 3.05) is 0 Å². The zero-order valence-electron chi connectivity index (χ0n) is 7.97. The van der Waals surface area contributed by atoms with Gasteiger partial charge in [-0.05, 0) is 17.5 Å². The Morgan fingerprint density at radius 3 is 3.00 bits per heavy atom. The highest BCUT2D eigenvalue weighted by atomic mass is 32.1. The first-order valence-corrected chi connectivity index (χ1v) is 5.12. The third-order valence-corrected chi connectivity index (χ3v) is 2.85. The van der Waals surface area contributed by atoms with Crippen molar-refractivity contribution in [3.05, 3.63) is 39.5 Å². The maximum Gasteiger partial charge on any atom is 0.284 e. The Balaban J connectivity index is 2.67. The fourth-order valence-corrected chi connectivity index (χ4v) is 1.91. The number of nitrogens with zero attached hydrogens (tertiary/aromatic N) is 3. The lowest BCUT2D eigenvalue weighted by Gasteiger charge is -2.00. The van der Waals surface area contributed by atoms with E-state index in [0.29, 0.717) is 5.69 Å². The minimum absolute atomic E-state index is 0.121. The third kappa shape index (κ3) is 1.67. The quantitative estimate of drug-likeness (QED) is 0.725. The molecule has 15 heavy (non-hydrogen) atoms. The molecule has 2 rings (SSSR count). The number of rotatable bonds is 1. The van der Waals surface area contributed by atoms with Crippen LogP contribution < -0.4 is 5.56 Å². The highest BCUT2D eigenvalue weighted by Crippen LogP contribution is 2.21. The monoisotopic (exact) mass is 217 g/mol. The molecule has 0 fully saturated rings. The minimum atomic E-state index is -0.363. The van der Waals surface area contributed by atoms with Gasteiger partial charge in [0.05, 0.1) is 4.88 Å². The second-order valence-corrected chi connectivity index (χ2v) is 3.91. The van der Waals surface area contributed by atoms with Crippen LogP contribution in [0.2, 0.25) is 0 Å². The van der Waals surface area contributed by atoms with Crippen LogP contribution in [0.1, 0.15) is 5.56 Å². The Kier molecular flexibility index (Phi) is 2.35. The van der Waals surface area contributed by atoms with E-state index < -0.39 is 0 Å². The minimum Gasteiger partial charge on any atom is -0.266 e. The summed E-state index contributed by atoms with van der Waals surface area (Å²) in [6.07, 6.45) is 0. The van der Waals surface area contributed by atoms with Crippen molar-refractivity contribution < 1.29 is 0 Å². The van der Waals surface area contributed by atoms with E-state index in [9.17, 15) is 4.79 Å². The summed E-state index contributed by atoms with van der Waals surface area (Å²) in [6.45, 7) is 0. The molecule has 0 amide bonds. The van der Waals surface area contributed by atoms with Gasteiger partial charge in [-0.15, -0.1) is 11.3 Å². The van der Waals surface area contributed by atoms with Crippen molar-refractivity contribution in [1.82, 2.24) is 9.78 Å². The van der Waals surface area contributed by atoms with Crippen molar-refractivity contribution in [3.63, 3.8) is 0 Å². The summed E-state index contributed by atoms with van der Waals surface area (Å²) in [5, 5.41) is 14.8. The number of thiophene rings is 1. The molecule has 0 radical (unpaired) electrons. The molecule has 0 N–H and O–H groups in total. The van der Waals surface area contributed by atoms with Gasteiger partial charge in [-0.25, -0.2) is 4.68 Å². The zero-order chi connectivity index (χ0) is 10.8. The summed E-state index contributed by atoms with van der Waals surface area (Å²) in [7, 11) is 1.54. The topological polar surface area (TPSA) is 58.7 Å². The highest BCUT2D eigenvalue weighted by molar-refractivity contribution is 7.13. The van der Waals surface area contributed by atoms with Gasteiger partial charge in [-0.1, -0.05) is 6.07 Å². The molecule has 0 aromatic carbocycles. The summed E-state index contributed by atoms with van der Waals surface area (Å²) in [4.78, 5) is 12.3. The smallest absolute Gasteiger partial charge is 0.266 e. The van der Waals surface area contributed by atoms with E-state index in [1.807, 2.05) is 23.6 Å². The summed E-state index contributed by atoms with van der Waals surface area (Å²) < 4.78 is 1.19. The van der Waals surface area contributed by atoms with Gasteiger partial charge in [0.2, 0.25) is 0 Å². The first-order valence-electron chi connectivity index (χ1n) is 4.24. The van der Waals surface area contributed by atoms with Gasteiger partial charge < -0.3 is 0 Å². The first kappa shape index (κ1) is 9.62. The molecular weight excluding hydrogens is 210 g/mol. The fourth-order valence-electron chi connectivity index (χ4n) is 1.23. The molecule has 0 aliphatic carbocycles. The zero-order valence-corrected chi connectivity index (χ0v) is 8.78. The lowest BCUT2D eigenvalue weighted by molar-refractivity contribution is 0.710.